The molecule has 0 radical (unpaired) electrons. The van der Waals surface area contributed by atoms with Crippen molar-refractivity contribution in [1.29, 1.82) is 0 Å². The molecule has 5 nitrogen and oxygen atoms in total. The molecule has 0 spiro atoms. The van der Waals surface area contributed by atoms with E-state index >= 15 is 0 Å². The van der Waals surface area contributed by atoms with Crippen LogP contribution in [0.3, 0.4) is 0 Å². The van der Waals surface area contributed by atoms with Crippen molar-refractivity contribution >= 4 is 16.6 Å². The number of hydrogen-bond acceptors (Lipinski definition) is 3. The van der Waals surface area contributed by atoms with Crippen LogP contribution >= 0.6 is 0 Å². The molecular formula is C28H53N3O2Si2. The van der Waals surface area contributed by atoms with E-state index in [2.05, 4.69) is 109 Å². The fourth-order valence-electron chi connectivity index (χ4n) is 3.69. The van der Waals surface area contributed by atoms with Gasteiger partial charge in [0.05, 0.1) is 12.2 Å². The van der Waals surface area contributed by atoms with E-state index in [0.29, 0.717) is 12.5 Å². The van der Waals surface area contributed by atoms with Crippen molar-refractivity contribution in [2.75, 3.05) is 6.54 Å². The van der Waals surface area contributed by atoms with Crippen LogP contribution in [0.2, 0.25) is 36.3 Å². The summed E-state index contributed by atoms with van der Waals surface area (Å²) in [6.45, 7) is 30.3. The van der Waals surface area contributed by atoms with Gasteiger partial charge in [0.25, 0.3) is 0 Å². The number of allylic oxidation sites excluding steroid dienone is 3. The first-order valence-electron chi connectivity index (χ1n) is 13.3. The van der Waals surface area contributed by atoms with Crippen molar-refractivity contribution in [3.05, 3.63) is 46.4 Å². The SMILES string of the molecule is C=C1/C(=C\C=C\CCC[C@@H](C)CN=[N+]=[N-])C[C@@H](O[Si](C)(C)C(C)(C)C)C[C@@H]1O[Si](C)(C)C(C)(C)C. The average Bonchev–Trinajstić information content (AvgIpc) is 2.69. The molecule has 0 aromatic rings. The van der Waals surface area contributed by atoms with Crippen LogP contribution in [-0.2, 0) is 8.85 Å². The Kier molecular flexibility index (Phi) is 11.8. The molecule has 0 aliphatic heterocycles. The van der Waals surface area contributed by atoms with Gasteiger partial charge < -0.3 is 8.85 Å². The Labute approximate surface area is 218 Å². The van der Waals surface area contributed by atoms with Crippen LogP contribution in [0.1, 0.15) is 80.6 Å². The Morgan fingerprint density at radius 2 is 1.66 bits per heavy atom. The zero-order chi connectivity index (χ0) is 27.1. The lowest BCUT2D eigenvalue weighted by Crippen LogP contribution is -2.49. The van der Waals surface area contributed by atoms with Crippen LogP contribution in [-0.4, -0.2) is 35.4 Å². The summed E-state index contributed by atoms with van der Waals surface area (Å²) in [4.78, 5) is 2.85. The van der Waals surface area contributed by atoms with E-state index in [1.807, 2.05) is 0 Å². The van der Waals surface area contributed by atoms with E-state index in [4.69, 9.17) is 14.4 Å². The third-order valence-corrected chi connectivity index (χ3v) is 17.2. The van der Waals surface area contributed by atoms with Crippen LogP contribution < -0.4 is 0 Å². The van der Waals surface area contributed by atoms with Gasteiger partial charge in [-0.1, -0.05) is 84.8 Å². The van der Waals surface area contributed by atoms with E-state index < -0.39 is 16.6 Å². The van der Waals surface area contributed by atoms with E-state index in [-0.39, 0.29) is 22.3 Å². The molecule has 1 fully saturated rings. The van der Waals surface area contributed by atoms with Crippen molar-refractivity contribution in [1.82, 2.24) is 0 Å². The number of hydrogen-bond donors (Lipinski definition) is 0. The Morgan fingerprint density at radius 1 is 1.09 bits per heavy atom. The summed E-state index contributed by atoms with van der Waals surface area (Å²) in [5.41, 5.74) is 10.8. The van der Waals surface area contributed by atoms with Gasteiger partial charge in [-0.2, -0.15) is 0 Å². The van der Waals surface area contributed by atoms with E-state index in [1.165, 1.54) is 5.57 Å². The van der Waals surface area contributed by atoms with E-state index in [0.717, 1.165) is 37.7 Å². The minimum absolute atomic E-state index is 0.0144. The maximum Gasteiger partial charge on any atom is 0.192 e. The minimum atomic E-state index is -1.94. The summed E-state index contributed by atoms with van der Waals surface area (Å²) >= 11 is 0. The summed E-state index contributed by atoms with van der Waals surface area (Å²) in [5, 5.41) is 4.01. The van der Waals surface area contributed by atoms with Gasteiger partial charge in [-0.05, 0) is 78.1 Å². The number of rotatable bonds is 11. The zero-order valence-corrected chi connectivity index (χ0v) is 26.6. The highest BCUT2D eigenvalue weighted by atomic mass is 28.4. The van der Waals surface area contributed by atoms with Crippen molar-refractivity contribution in [3.63, 3.8) is 0 Å². The molecule has 0 amide bonds. The van der Waals surface area contributed by atoms with Crippen LogP contribution in [0.4, 0.5) is 0 Å². The van der Waals surface area contributed by atoms with Crippen molar-refractivity contribution in [3.8, 4) is 0 Å². The lowest BCUT2D eigenvalue weighted by Gasteiger charge is -2.45. The van der Waals surface area contributed by atoms with Gasteiger partial charge in [0.1, 0.15) is 0 Å². The first kappa shape index (κ1) is 31.9. The zero-order valence-electron chi connectivity index (χ0n) is 24.6. The van der Waals surface area contributed by atoms with Crippen LogP contribution in [0, 0.1) is 5.92 Å². The molecular weight excluding hydrogens is 466 g/mol. The number of unbranched alkanes of at least 4 members (excludes halogenated alkanes) is 1. The minimum Gasteiger partial charge on any atom is -0.413 e. The molecule has 0 saturated heterocycles. The summed E-state index contributed by atoms with van der Waals surface area (Å²) in [5.74, 6) is 0.428. The molecule has 200 valence electrons. The Bertz CT molecular complexity index is 813. The van der Waals surface area contributed by atoms with Crippen molar-refractivity contribution < 1.29 is 8.85 Å². The molecule has 0 unspecified atom stereocenters. The third-order valence-electron chi connectivity index (χ3n) is 8.19. The second-order valence-corrected chi connectivity index (χ2v) is 22.9. The van der Waals surface area contributed by atoms with Gasteiger partial charge in [-0.25, -0.2) is 0 Å². The van der Waals surface area contributed by atoms with Crippen molar-refractivity contribution in [2.24, 2.45) is 11.0 Å². The molecule has 0 N–H and O–H groups in total. The normalized spacial score (nSPS) is 22.5. The van der Waals surface area contributed by atoms with Crippen LogP contribution in [0.5, 0.6) is 0 Å². The molecule has 7 heteroatoms. The summed E-state index contributed by atoms with van der Waals surface area (Å²) < 4.78 is 13.8. The first-order valence-corrected chi connectivity index (χ1v) is 19.1. The standard InChI is InChI=1S/C28H53N3O2Si2/c1-22(21-30-31-29)17-15-13-14-16-18-24-19-25(32-34(9,10)27(3,4)5)20-26(23(24)2)33-35(11,12)28(6,7)8/h14,16,18,22,25-26H,2,13,15,17,19-21H2,1,3-12H3/b16-14+,24-18-/t22-,25-,26+/m1/s1. The summed E-state index contributed by atoms with van der Waals surface area (Å²) in [6, 6.07) is 0. The summed E-state index contributed by atoms with van der Waals surface area (Å²) in [7, 11) is -3.83. The highest BCUT2D eigenvalue weighted by Crippen LogP contribution is 2.44. The monoisotopic (exact) mass is 519 g/mol. The molecule has 0 bridgehead atoms. The Morgan fingerprint density at radius 3 is 2.20 bits per heavy atom. The molecule has 1 aliphatic rings. The average molecular weight is 520 g/mol. The molecule has 35 heavy (non-hydrogen) atoms. The molecule has 0 heterocycles. The van der Waals surface area contributed by atoms with Crippen molar-refractivity contribution in [2.45, 2.75) is 129 Å². The number of nitrogens with zero attached hydrogens (tertiary/aromatic N) is 3. The Hall–Kier alpha value is -1.12. The third kappa shape index (κ3) is 10.0. The van der Waals surface area contributed by atoms with Gasteiger partial charge in [0, 0.05) is 17.9 Å². The molecule has 3 atom stereocenters. The maximum absolute atomic E-state index is 8.46. The highest BCUT2D eigenvalue weighted by Gasteiger charge is 2.44. The first-order chi connectivity index (χ1) is 15.9. The van der Waals surface area contributed by atoms with E-state index in [9.17, 15) is 0 Å². The van der Waals surface area contributed by atoms with Gasteiger partial charge in [0.2, 0.25) is 0 Å². The number of azide groups is 1. The molecule has 1 rings (SSSR count). The fourth-order valence-corrected chi connectivity index (χ4v) is 6.36. The molecule has 0 aromatic heterocycles. The molecule has 1 aliphatic carbocycles. The predicted molar refractivity (Wildman–Crippen MR) is 157 cm³/mol. The highest BCUT2D eigenvalue weighted by molar-refractivity contribution is 6.74. The van der Waals surface area contributed by atoms with Gasteiger partial charge in [0.15, 0.2) is 16.6 Å². The smallest absolute Gasteiger partial charge is 0.192 e. The second-order valence-electron chi connectivity index (χ2n) is 13.4. The molecule has 1 saturated carbocycles. The summed E-state index contributed by atoms with van der Waals surface area (Å²) in [6.07, 6.45) is 11.8. The van der Waals surface area contributed by atoms with Crippen LogP contribution in [0.25, 0.3) is 10.4 Å². The van der Waals surface area contributed by atoms with Gasteiger partial charge >= 0.3 is 0 Å². The maximum atomic E-state index is 8.46. The fraction of sp³-hybridized carbons (Fsp3) is 0.786. The second kappa shape index (κ2) is 12.9. The Balaban J connectivity index is 3.00. The molecule has 0 aromatic carbocycles. The topological polar surface area (TPSA) is 67.2 Å². The predicted octanol–water partition coefficient (Wildman–Crippen LogP) is 9.72. The largest absolute Gasteiger partial charge is 0.413 e. The lowest BCUT2D eigenvalue weighted by atomic mass is 9.86. The van der Waals surface area contributed by atoms with Gasteiger partial charge in [-0.15, -0.1) is 0 Å². The van der Waals surface area contributed by atoms with Crippen LogP contribution in [0.15, 0.2) is 41.1 Å². The lowest BCUT2D eigenvalue weighted by molar-refractivity contribution is 0.0970. The quantitative estimate of drug-likeness (QED) is 0.0896. The van der Waals surface area contributed by atoms with E-state index in [1.54, 1.807) is 0 Å². The van der Waals surface area contributed by atoms with Gasteiger partial charge in [-0.3, -0.25) is 0 Å².